The summed E-state index contributed by atoms with van der Waals surface area (Å²) in [4.78, 5) is 13.3. The molecule has 1 aliphatic heterocycles. The monoisotopic (exact) mass is 250 g/mol. The Bertz CT molecular complexity index is 462. The van der Waals surface area contributed by atoms with Gasteiger partial charge in [-0.1, -0.05) is 29.8 Å². The van der Waals surface area contributed by atoms with Crippen LogP contribution >= 0.6 is 11.6 Å². The summed E-state index contributed by atoms with van der Waals surface area (Å²) >= 11 is 6.24. The molecule has 2 N–H and O–H groups in total. The molecule has 0 saturated heterocycles. The number of carbonyl (C=O) groups excluding carboxylic acids is 1. The Balaban J connectivity index is 2.25. The second-order valence-electron chi connectivity index (χ2n) is 4.21. The number of halogens is 1. The molecule has 1 aromatic carbocycles. The molecule has 1 unspecified atom stereocenters. The van der Waals surface area contributed by atoms with Crippen molar-refractivity contribution in [3.8, 4) is 0 Å². The largest absolute Gasteiger partial charge is 0.369 e. The van der Waals surface area contributed by atoms with Crippen molar-refractivity contribution < 1.29 is 4.79 Å². The van der Waals surface area contributed by atoms with E-state index in [-0.39, 0.29) is 11.8 Å². The summed E-state index contributed by atoms with van der Waals surface area (Å²) in [5.74, 6) is -0.644. The van der Waals surface area contributed by atoms with Crippen molar-refractivity contribution in [3.63, 3.8) is 0 Å². The number of hydrogen-bond donors (Lipinski definition) is 1. The zero-order valence-corrected chi connectivity index (χ0v) is 10.4. The van der Waals surface area contributed by atoms with Crippen LogP contribution in [-0.4, -0.2) is 19.0 Å². The van der Waals surface area contributed by atoms with E-state index >= 15 is 0 Å². The Hall–Kier alpha value is -1.48. The van der Waals surface area contributed by atoms with Crippen LogP contribution in [-0.2, 0) is 4.79 Å². The molecule has 1 amide bonds. The Labute approximate surface area is 106 Å². The van der Waals surface area contributed by atoms with E-state index in [1.54, 1.807) is 6.92 Å². The molecule has 0 saturated carbocycles. The first-order valence-electron chi connectivity index (χ1n) is 5.58. The number of anilines is 1. The summed E-state index contributed by atoms with van der Waals surface area (Å²) < 4.78 is 0. The topological polar surface area (TPSA) is 46.3 Å². The van der Waals surface area contributed by atoms with Crippen LogP contribution in [0.15, 0.2) is 30.4 Å². The molecule has 0 bridgehead atoms. The van der Waals surface area contributed by atoms with Gasteiger partial charge in [-0.05, 0) is 24.6 Å². The number of benzene rings is 1. The normalized spacial score (nSPS) is 16.2. The van der Waals surface area contributed by atoms with E-state index in [1.807, 2.05) is 18.2 Å². The van der Waals surface area contributed by atoms with Crippen LogP contribution in [0.25, 0.3) is 0 Å². The number of amides is 1. The minimum atomic E-state index is -0.336. The highest BCUT2D eigenvalue weighted by molar-refractivity contribution is 6.33. The van der Waals surface area contributed by atoms with E-state index in [0.29, 0.717) is 5.02 Å². The molecule has 4 heteroatoms. The third-order valence-corrected chi connectivity index (χ3v) is 3.36. The second-order valence-corrected chi connectivity index (χ2v) is 4.62. The van der Waals surface area contributed by atoms with Crippen LogP contribution in [0.1, 0.15) is 18.4 Å². The molecule has 1 aliphatic rings. The molecule has 0 aromatic heterocycles. The number of nitrogens with two attached hydrogens (primary N) is 1. The zero-order valence-electron chi connectivity index (χ0n) is 9.69. The van der Waals surface area contributed by atoms with Crippen molar-refractivity contribution in [2.24, 2.45) is 5.73 Å². The van der Waals surface area contributed by atoms with Gasteiger partial charge in [-0.15, -0.1) is 0 Å². The molecule has 0 aliphatic carbocycles. The van der Waals surface area contributed by atoms with Crippen molar-refractivity contribution in [3.05, 3.63) is 40.9 Å². The lowest BCUT2D eigenvalue weighted by Crippen LogP contribution is -2.20. The predicted molar refractivity (Wildman–Crippen MR) is 70.4 cm³/mol. The Morgan fingerprint density at radius 1 is 1.41 bits per heavy atom. The van der Waals surface area contributed by atoms with Gasteiger partial charge >= 0.3 is 0 Å². The van der Waals surface area contributed by atoms with E-state index in [4.69, 9.17) is 17.3 Å². The zero-order chi connectivity index (χ0) is 12.4. The van der Waals surface area contributed by atoms with E-state index in [1.165, 1.54) is 0 Å². The number of hydrogen-bond acceptors (Lipinski definition) is 2. The van der Waals surface area contributed by atoms with Crippen molar-refractivity contribution in [2.45, 2.75) is 12.8 Å². The lowest BCUT2D eigenvalue weighted by Gasteiger charge is -2.20. The minimum Gasteiger partial charge on any atom is -0.369 e. The molecule has 1 aromatic rings. The first kappa shape index (κ1) is 12.0. The van der Waals surface area contributed by atoms with Crippen LogP contribution < -0.4 is 10.6 Å². The van der Waals surface area contributed by atoms with Crippen LogP contribution in [0.5, 0.6) is 0 Å². The Morgan fingerprint density at radius 3 is 2.59 bits per heavy atom. The molecule has 2 rings (SSSR count). The number of carbonyl (C=O) groups is 1. The van der Waals surface area contributed by atoms with Gasteiger partial charge in [0.15, 0.2) is 0 Å². The van der Waals surface area contributed by atoms with Gasteiger partial charge in [0, 0.05) is 13.1 Å². The van der Waals surface area contributed by atoms with Crippen LogP contribution in [0.2, 0.25) is 5.02 Å². The molecule has 0 spiro atoms. The number of rotatable bonds is 3. The van der Waals surface area contributed by atoms with Crippen molar-refractivity contribution >= 4 is 23.2 Å². The first-order chi connectivity index (χ1) is 8.09. The van der Waals surface area contributed by atoms with Crippen molar-refractivity contribution in [2.75, 3.05) is 18.0 Å². The van der Waals surface area contributed by atoms with Crippen LogP contribution in [0.3, 0.4) is 0 Å². The first-order valence-corrected chi connectivity index (χ1v) is 5.96. The molecule has 17 heavy (non-hydrogen) atoms. The van der Waals surface area contributed by atoms with Crippen molar-refractivity contribution in [1.82, 2.24) is 0 Å². The predicted octanol–water partition coefficient (Wildman–Crippen LogP) is 2.31. The Kier molecular flexibility index (Phi) is 3.38. The summed E-state index contributed by atoms with van der Waals surface area (Å²) in [6.07, 6.45) is 4.21. The lowest BCUT2D eigenvalue weighted by atomic mass is 10.0. The van der Waals surface area contributed by atoms with E-state index in [0.717, 1.165) is 24.3 Å². The fourth-order valence-corrected chi connectivity index (χ4v) is 2.20. The van der Waals surface area contributed by atoms with Gasteiger partial charge in [-0.2, -0.15) is 0 Å². The fraction of sp³-hybridized carbons (Fsp3) is 0.308. The van der Waals surface area contributed by atoms with Gasteiger partial charge in [0.1, 0.15) is 0 Å². The van der Waals surface area contributed by atoms with E-state index < -0.39 is 0 Å². The quantitative estimate of drug-likeness (QED) is 0.837. The van der Waals surface area contributed by atoms with E-state index in [2.05, 4.69) is 17.1 Å². The second kappa shape index (κ2) is 4.80. The third kappa shape index (κ3) is 2.44. The van der Waals surface area contributed by atoms with Gasteiger partial charge in [0.25, 0.3) is 0 Å². The summed E-state index contributed by atoms with van der Waals surface area (Å²) in [6.45, 7) is 3.54. The summed E-state index contributed by atoms with van der Waals surface area (Å²) in [5, 5.41) is 0.666. The minimum absolute atomic E-state index is 0.307. The standard InChI is InChI=1S/C13H15ClN2O/c1-9(13(15)17)10-4-5-12(11(14)8-10)16-6-2-3-7-16/h2-5,8-9H,6-7H2,1H3,(H2,15,17). The molecule has 3 nitrogen and oxygen atoms in total. The average molecular weight is 251 g/mol. The lowest BCUT2D eigenvalue weighted by molar-refractivity contribution is -0.119. The summed E-state index contributed by atoms with van der Waals surface area (Å²) in [7, 11) is 0. The third-order valence-electron chi connectivity index (χ3n) is 3.06. The molecule has 0 radical (unpaired) electrons. The molecule has 1 heterocycles. The van der Waals surface area contributed by atoms with Gasteiger partial charge in [-0.25, -0.2) is 0 Å². The molecule has 1 atom stereocenters. The van der Waals surface area contributed by atoms with Crippen LogP contribution in [0, 0.1) is 0 Å². The average Bonchev–Trinajstić information content (AvgIpc) is 2.81. The molecular formula is C13H15ClN2O. The van der Waals surface area contributed by atoms with E-state index in [9.17, 15) is 4.79 Å². The maximum absolute atomic E-state index is 11.1. The van der Waals surface area contributed by atoms with Gasteiger partial charge in [0.2, 0.25) is 5.91 Å². The summed E-state index contributed by atoms with van der Waals surface area (Å²) in [6, 6.07) is 5.68. The number of primary amides is 1. The molecule has 90 valence electrons. The number of nitrogens with zero attached hydrogens (tertiary/aromatic N) is 1. The fourth-order valence-electron chi connectivity index (χ4n) is 1.89. The van der Waals surface area contributed by atoms with Crippen LogP contribution in [0.4, 0.5) is 5.69 Å². The molecular weight excluding hydrogens is 236 g/mol. The molecule has 0 fully saturated rings. The Morgan fingerprint density at radius 2 is 2.06 bits per heavy atom. The van der Waals surface area contributed by atoms with Crippen molar-refractivity contribution in [1.29, 1.82) is 0 Å². The highest BCUT2D eigenvalue weighted by Gasteiger charge is 2.16. The van der Waals surface area contributed by atoms with Gasteiger partial charge < -0.3 is 10.6 Å². The maximum Gasteiger partial charge on any atom is 0.224 e. The summed E-state index contributed by atoms with van der Waals surface area (Å²) in [5.41, 5.74) is 7.13. The smallest absolute Gasteiger partial charge is 0.224 e. The SMILES string of the molecule is CC(C(N)=O)c1ccc(N2CC=CC2)c(Cl)c1. The van der Waals surface area contributed by atoms with Gasteiger partial charge in [0.05, 0.1) is 16.6 Å². The maximum atomic E-state index is 11.1. The van der Waals surface area contributed by atoms with Gasteiger partial charge in [-0.3, -0.25) is 4.79 Å². The highest BCUT2D eigenvalue weighted by atomic mass is 35.5. The highest BCUT2D eigenvalue weighted by Crippen LogP contribution is 2.30.